The third-order valence-corrected chi connectivity index (χ3v) is 6.45. The molecule has 0 radical (unpaired) electrons. The van der Waals surface area contributed by atoms with Crippen molar-refractivity contribution >= 4 is 21.7 Å². The van der Waals surface area contributed by atoms with E-state index in [1.54, 1.807) is 29.2 Å². The van der Waals surface area contributed by atoms with Crippen molar-refractivity contribution in [2.24, 2.45) is 0 Å². The Labute approximate surface area is 166 Å². The molecule has 1 amide bonds. The van der Waals surface area contributed by atoms with Crippen LogP contribution in [0.3, 0.4) is 0 Å². The molecule has 1 aromatic heterocycles. The average molecular weight is 404 g/mol. The van der Waals surface area contributed by atoms with Crippen LogP contribution < -0.4 is 14.6 Å². The van der Waals surface area contributed by atoms with Gasteiger partial charge in [0.2, 0.25) is 15.9 Å². The van der Waals surface area contributed by atoms with Crippen molar-refractivity contribution in [2.45, 2.75) is 31.2 Å². The van der Waals surface area contributed by atoms with Crippen LogP contribution in [0.15, 0.2) is 53.6 Å². The van der Waals surface area contributed by atoms with Gasteiger partial charge in [-0.3, -0.25) is 9.69 Å². The summed E-state index contributed by atoms with van der Waals surface area (Å²) in [5.41, 5.74) is 0.982. The van der Waals surface area contributed by atoms with E-state index in [1.165, 1.54) is 0 Å². The number of hydrogen-bond donors (Lipinski definition) is 1. The molecule has 7 nitrogen and oxygen atoms in total. The van der Waals surface area contributed by atoms with Gasteiger partial charge in [-0.2, -0.15) is 4.72 Å². The van der Waals surface area contributed by atoms with E-state index in [9.17, 15) is 13.2 Å². The van der Waals surface area contributed by atoms with Crippen LogP contribution in [0.2, 0.25) is 0 Å². The summed E-state index contributed by atoms with van der Waals surface area (Å²) in [5, 5.41) is 0. The number of nitrogens with zero attached hydrogens (tertiary/aromatic N) is 2. The molecule has 1 fully saturated rings. The summed E-state index contributed by atoms with van der Waals surface area (Å²) in [5.74, 6) is 0.844. The van der Waals surface area contributed by atoms with Crippen LogP contribution in [0, 0.1) is 6.92 Å². The molecule has 1 aliphatic heterocycles. The van der Waals surface area contributed by atoms with Crippen molar-refractivity contribution in [1.82, 2.24) is 9.62 Å². The average Bonchev–Trinajstić information content (AvgIpc) is 2.72. The number of piperazine rings is 1. The Hall–Kier alpha value is -2.45. The minimum atomic E-state index is -3.74. The molecule has 0 aliphatic carbocycles. The molecule has 2 aromatic rings. The van der Waals surface area contributed by atoms with Gasteiger partial charge in [-0.1, -0.05) is 30.7 Å². The number of amides is 1. The molecule has 0 bridgehead atoms. The van der Waals surface area contributed by atoms with Crippen molar-refractivity contribution in [3.05, 3.63) is 54.2 Å². The number of sulfonamides is 1. The number of aromatic nitrogens is 1. The number of aromatic amines is 1. The van der Waals surface area contributed by atoms with Gasteiger partial charge in [0.15, 0.2) is 0 Å². The lowest BCUT2D eigenvalue weighted by Crippen LogP contribution is -2.55. The molecule has 1 aliphatic rings. The zero-order valence-electron chi connectivity index (χ0n) is 16.3. The summed E-state index contributed by atoms with van der Waals surface area (Å²) in [6, 6.07) is 11.7. The number of H-pyrrole nitrogens is 1. The van der Waals surface area contributed by atoms with E-state index >= 15 is 0 Å². The first-order valence-corrected chi connectivity index (χ1v) is 11.0. The SMILES string of the molecule is CC[C@H](NS(=O)(=O)c1ccc(C)cc1)C(=O)N1CCN(c2cccc[nH+]2)CC1. The second kappa shape index (κ2) is 8.70. The lowest BCUT2D eigenvalue weighted by Gasteiger charge is -2.33. The highest BCUT2D eigenvalue weighted by molar-refractivity contribution is 7.89. The standard InChI is InChI=1S/C20H26N4O3S/c1-3-18(22-28(26,27)17-9-7-16(2)8-10-17)20(25)24-14-12-23(13-15-24)19-6-4-5-11-21-19/h4-11,18,22H,3,12-15H2,1-2H3/p+1/t18-/m0/s1. The summed E-state index contributed by atoms with van der Waals surface area (Å²) in [7, 11) is -3.74. The fourth-order valence-electron chi connectivity index (χ4n) is 3.25. The molecule has 0 spiro atoms. The maximum atomic E-state index is 12.9. The largest absolute Gasteiger partial charge is 0.333 e. The van der Waals surface area contributed by atoms with Crippen molar-refractivity contribution in [3.8, 4) is 0 Å². The van der Waals surface area contributed by atoms with E-state index in [-0.39, 0.29) is 10.8 Å². The third kappa shape index (κ3) is 4.69. The highest BCUT2D eigenvalue weighted by Gasteiger charge is 2.32. The summed E-state index contributed by atoms with van der Waals surface area (Å²) in [6.07, 6.45) is 2.27. The van der Waals surface area contributed by atoms with Crippen LogP contribution >= 0.6 is 0 Å². The Morgan fingerprint density at radius 2 is 1.79 bits per heavy atom. The van der Waals surface area contributed by atoms with Crippen LogP contribution in [0.25, 0.3) is 0 Å². The first kappa shape index (κ1) is 20.3. The zero-order valence-corrected chi connectivity index (χ0v) is 17.1. The number of pyridine rings is 1. The number of carbonyl (C=O) groups excluding carboxylic acids is 1. The lowest BCUT2D eigenvalue weighted by molar-refractivity contribution is -0.364. The number of nitrogens with one attached hydrogen (secondary N) is 2. The zero-order chi connectivity index (χ0) is 20.1. The third-order valence-electron chi connectivity index (χ3n) is 4.96. The Bertz CT molecular complexity index is 893. The van der Waals surface area contributed by atoms with Crippen LogP contribution in [-0.4, -0.2) is 51.4 Å². The summed E-state index contributed by atoms with van der Waals surface area (Å²) < 4.78 is 27.9. The predicted molar refractivity (Wildman–Crippen MR) is 107 cm³/mol. The van der Waals surface area contributed by atoms with E-state index in [2.05, 4.69) is 14.6 Å². The highest BCUT2D eigenvalue weighted by Crippen LogP contribution is 2.14. The molecular weight excluding hydrogens is 376 g/mol. The van der Waals surface area contributed by atoms with Crippen LogP contribution in [0.4, 0.5) is 5.82 Å². The number of benzene rings is 1. The summed E-state index contributed by atoms with van der Waals surface area (Å²) >= 11 is 0. The molecule has 0 saturated carbocycles. The number of carbonyl (C=O) groups is 1. The van der Waals surface area contributed by atoms with Gasteiger partial charge < -0.3 is 4.90 Å². The maximum absolute atomic E-state index is 12.9. The second-order valence-electron chi connectivity index (χ2n) is 6.96. The number of aryl methyl sites for hydroxylation is 1. The molecule has 8 heteroatoms. The fourth-order valence-corrected chi connectivity index (χ4v) is 4.52. The molecule has 1 aromatic carbocycles. The molecule has 2 N–H and O–H groups in total. The van der Waals surface area contributed by atoms with Gasteiger partial charge in [-0.15, -0.1) is 0 Å². The minimum absolute atomic E-state index is 0.171. The van der Waals surface area contributed by atoms with Crippen LogP contribution in [0.1, 0.15) is 18.9 Å². The molecule has 0 unspecified atom stereocenters. The molecular formula is C20H27N4O3S+. The molecule has 28 heavy (non-hydrogen) atoms. The highest BCUT2D eigenvalue weighted by atomic mass is 32.2. The maximum Gasteiger partial charge on any atom is 0.274 e. The first-order valence-electron chi connectivity index (χ1n) is 9.50. The van der Waals surface area contributed by atoms with Gasteiger partial charge in [0.1, 0.15) is 19.1 Å². The number of anilines is 1. The van der Waals surface area contributed by atoms with E-state index in [0.29, 0.717) is 32.6 Å². The van der Waals surface area contributed by atoms with Gasteiger partial charge in [-0.25, -0.2) is 13.4 Å². The summed E-state index contributed by atoms with van der Waals surface area (Å²) in [4.78, 5) is 20.2. The van der Waals surface area contributed by atoms with Gasteiger partial charge >= 0.3 is 0 Å². The predicted octanol–water partition coefficient (Wildman–Crippen LogP) is 1.21. The Morgan fingerprint density at radius 1 is 1.11 bits per heavy atom. The van der Waals surface area contributed by atoms with Gasteiger partial charge in [0.25, 0.3) is 5.82 Å². The number of rotatable bonds is 6. The Kier molecular flexibility index (Phi) is 6.31. The topological polar surface area (TPSA) is 83.9 Å². The molecule has 2 heterocycles. The van der Waals surface area contributed by atoms with Crippen molar-refractivity contribution < 1.29 is 18.2 Å². The van der Waals surface area contributed by atoms with Gasteiger partial charge in [-0.05, 0) is 31.5 Å². The fraction of sp³-hybridized carbons (Fsp3) is 0.400. The molecule has 1 saturated heterocycles. The van der Waals surface area contributed by atoms with E-state index in [4.69, 9.17) is 0 Å². The Morgan fingerprint density at radius 3 is 2.36 bits per heavy atom. The van der Waals surface area contributed by atoms with E-state index in [0.717, 1.165) is 11.4 Å². The van der Waals surface area contributed by atoms with E-state index < -0.39 is 16.1 Å². The van der Waals surface area contributed by atoms with Gasteiger partial charge in [0, 0.05) is 6.07 Å². The van der Waals surface area contributed by atoms with Crippen molar-refractivity contribution in [2.75, 3.05) is 31.1 Å². The van der Waals surface area contributed by atoms with Crippen molar-refractivity contribution in [1.29, 1.82) is 0 Å². The first-order chi connectivity index (χ1) is 13.4. The quantitative estimate of drug-likeness (QED) is 0.786. The molecule has 1 atom stereocenters. The van der Waals surface area contributed by atoms with Crippen LogP contribution in [-0.2, 0) is 14.8 Å². The molecule has 150 valence electrons. The lowest BCUT2D eigenvalue weighted by atomic mass is 10.2. The van der Waals surface area contributed by atoms with Crippen molar-refractivity contribution in [3.63, 3.8) is 0 Å². The smallest absolute Gasteiger partial charge is 0.274 e. The minimum Gasteiger partial charge on any atom is -0.333 e. The van der Waals surface area contributed by atoms with E-state index in [1.807, 2.05) is 38.2 Å². The Balaban J connectivity index is 1.63. The normalized spacial score (nSPS) is 16.1. The summed E-state index contributed by atoms with van der Waals surface area (Å²) in [6.45, 7) is 6.24. The van der Waals surface area contributed by atoms with Crippen LogP contribution in [0.5, 0.6) is 0 Å². The second-order valence-corrected chi connectivity index (χ2v) is 8.67. The number of hydrogen-bond acceptors (Lipinski definition) is 4. The monoisotopic (exact) mass is 403 g/mol. The van der Waals surface area contributed by atoms with Gasteiger partial charge in [0.05, 0.1) is 24.2 Å². The molecule has 3 rings (SSSR count).